The fourth-order valence-electron chi connectivity index (χ4n) is 3.56. The molecule has 6 nitrogen and oxygen atoms in total. The van der Waals surface area contributed by atoms with Crippen molar-refractivity contribution >= 4 is 23.3 Å². The van der Waals surface area contributed by atoms with E-state index in [9.17, 15) is 0 Å². The molecule has 140 valence electrons. The van der Waals surface area contributed by atoms with Crippen molar-refractivity contribution in [1.82, 2.24) is 4.90 Å². The average molecular weight is 362 g/mol. The molecule has 1 fully saturated rings. The zero-order chi connectivity index (χ0) is 18.8. The lowest BCUT2D eigenvalue weighted by Gasteiger charge is -2.38. The summed E-state index contributed by atoms with van der Waals surface area (Å²) in [7, 11) is 0. The maximum Gasteiger partial charge on any atom is 0.222 e. The summed E-state index contributed by atoms with van der Waals surface area (Å²) in [6.45, 7) is 6.16. The van der Waals surface area contributed by atoms with Gasteiger partial charge in [0.2, 0.25) is 18.2 Å². The highest BCUT2D eigenvalue weighted by Crippen LogP contribution is 2.26. The highest BCUT2D eigenvalue weighted by Gasteiger charge is 2.32. The number of anilines is 2. The molecular weight excluding hydrogens is 336 g/mol. The number of nitrogens with one attached hydrogen (secondary N) is 1. The lowest BCUT2D eigenvalue weighted by Crippen LogP contribution is -2.54. The zero-order valence-electron chi connectivity index (χ0n) is 15.9. The Hall–Kier alpha value is -3.02. The Morgan fingerprint density at radius 1 is 1.00 bits per heavy atom. The van der Waals surface area contributed by atoms with Crippen LogP contribution >= 0.6 is 0 Å². The summed E-state index contributed by atoms with van der Waals surface area (Å²) in [5.41, 5.74) is 10.6. The lowest BCUT2D eigenvalue weighted by atomic mass is 10.2. The molecule has 0 aliphatic carbocycles. The van der Waals surface area contributed by atoms with Gasteiger partial charge in [-0.25, -0.2) is 4.99 Å². The molecule has 1 unspecified atom stereocenters. The predicted octanol–water partition coefficient (Wildman–Crippen LogP) is 3.29. The van der Waals surface area contributed by atoms with Crippen molar-refractivity contribution in [3.05, 3.63) is 59.7 Å². The normalized spacial score (nSPS) is 19.7. The highest BCUT2D eigenvalue weighted by molar-refractivity contribution is 6.06. The number of nitrogens with zero attached hydrogens (tertiary/aromatic N) is 4. The van der Waals surface area contributed by atoms with Crippen molar-refractivity contribution in [3.63, 3.8) is 0 Å². The van der Waals surface area contributed by atoms with E-state index in [1.807, 2.05) is 12.1 Å². The van der Waals surface area contributed by atoms with Gasteiger partial charge in [-0.05, 0) is 56.5 Å². The van der Waals surface area contributed by atoms with Crippen molar-refractivity contribution in [2.45, 2.75) is 33.0 Å². The minimum atomic E-state index is -0.345. The lowest BCUT2D eigenvalue weighted by molar-refractivity contribution is 0.497. The zero-order valence-corrected chi connectivity index (χ0v) is 15.9. The van der Waals surface area contributed by atoms with Crippen LogP contribution in [-0.2, 0) is 0 Å². The van der Waals surface area contributed by atoms with E-state index in [1.165, 1.54) is 24.0 Å². The van der Waals surface area contributed by atoms with Gasteiger partial charge in [0.15, 0.2) is 0 Å². The van der Waals surface area contributed by atoms with E-state index in [0.717, 1.165) is 30.4 Å². The van der Waals surface area contributed by atoms with E-state index in [4.69, 9.17) is 5.73 Å². The third-order valence-corrected chi connectivity index (χ3v) is 4.94. The summed E-state index contributed by atoms with van der Waals surface area (Å²) < 4.78 is 0. The van der Waals surface area contributed by atoms with E-state index in [1.54, 1.807) is 0 Å². The van der Waals surface area contributed by atoms with Crippen LogP contribution < -0.4 is 16.0 Å². The second-order valence-electron chi connectivity index (χ2n) is 7.19. The average Bonchev–Trinajstić information content (AvgIpc) is 3.17. The summed E-state index contributed by atoms with van der Waals surface area (Å²) in [5, 5.41) is 3.52. The molecule has 4 rings (SSSR count). The molecule has 3 N–H and O–H groups in total. The molecule has 2 heterocycles. The maximum atomic E-state index is 6.10. The SMILES string of the molecule is Cc1ccc(N2C(N3CCCC3)=NC(N)=NC2Nc2cccc(C)c2)cc1. The fourth-order valence-corrected chi connectivity index (χ4v) is 3.56. The molecule has 2 aliphatic heterocycles. The Kier molecular flexibility index (Phi) is 4.71. The molecule has 0 amide bonds. The second-order valence-corrected chi connectivity index (χ2v) is 7.19. The molecule has 1 saturated heterocycles. The molecule has 0 aromatic heterocycles. The molecule has 2 aromatic carbocycles. The van der Waals surface area contributed by atoms with Gasteiger partial charge in [-0.1, -0.05) is 29.8 Å². The largest absolute Gasteiger partial charge is 0.368 e. The quantitative estimate of drug-likeness (QED) is 0.879. The first-order chi connectivity index (χ1) is 13.1. The number of hydrogen-bond acceptors (Lipinski definition) is 6. The van der Waals surface area contributed by atoms with E-state index < -0.39 is 0 Å². The van der Waals surface area contributed by atoms with Crippen LogP contribution in [-0.4, -0.2) is 36.2 Å². The number of aliphatic imine (C=N–C) groups is 2. The van der Waals surface area contributed by atoms with Crippen LogP contribution in [0.25, 0.3) is 0 Å². The van der Waals surface area contributed by atoms with E-state index >= 15 is 0 Å². The topological polar surface area (TPSA) is 69.2 Å². The molecule has 27 heavy (non-hydrogen) atoms. The Labute approximate surface area is 160 Å². The Bertz CT molecular complexity index is 864. The van der Waals surface area contributed by atoms with Crippen molar-refractivity contribution in [2.75, 3.05) is 23.3 Å². The summed E-state index contributed by atoms with van der Waals surface area (Å²) in [5.74, 6) is 1.18. The van der Waals surface area contributed by atoms with Gasteiger partial charge < -0.3 is 16.0 Å². The predicted molar refractivity (Wildman–Crippen MR) is 112 cm³/mol. The van der Waals surface area contributed by atoms with Gasteiger partial charge in [-0.2, -0.15) is 4.99 Å². The molecule has 2 aromatic rings. The highest BCUT2D eigenvalue weighted by atomic mass is 15.5. The molecule has 0 spiro atoms. The fraction of sp³-hybridized carbons (Fsp3) is 0.333. The number of rotatable bonds is 3. The third-order valence-electron chi connectivity index (χ3n) is 4.94. The number of guanidine groups is 2. The molecule has 6 heteroatoms. The van der Waals surface area contributed by atoms with Crippen molar-refractivity contribution in [2.24, 2.45) is 15.7 Å². The van der Waals surface area contributed by atoms with Gasteiger partial charge in [0.05, 0.1) is 0 Å². The van der Waals surface area contributed by atoms with Crippen LogP contribution in [0.3, 0.4) is 0 Å². The second kappa shape index (κ2) is 7.31. The van der Waals surface area contributed by atoms with E-state index in [2.05, 4.69) is 75.3 Å². The van der Waals surface area contributed by atoms with Crippen LogP contribution in [0, 0.1) is 13.8 Å². The number of benzene rings is 2. The molecule has 1 atom stereocenters. The van der Waals surface area contributed by atoms with Crippen molar-refractivity contribution in [3.8, 4) is 0 Å². The minimum Gasteiger partial charge on any atom is -0.368 e. The first-order valence-electron chi connectivity index (χ1n) is 9.46. The molecule has 0 saturated carbocycles. The first-order valence-corrected chi connectivity index (χ1v) is 9.46. The minimum absolute atomic E-state index is 0.311. The smallest absolute Gasteiger partial charge is 0.222 e. The van der Waals surface area contributed by atoms with Gasteiger partial charge in [0.25, 0.3) is 0 Å². The monoisotopic (exact) mass is 362 g/mol. The summed E-state index contributed by atoms with van der Waals surface area (Å²) in [6.07, 6.45) is 2.00. The van der Waals surface area contributed by atoms with Gasteiger partial charge in [-0.15, -0.1) is 0 Å². The number of hydrogen-bond donors (Lipinski definition) is 2. The molecule has 0 bridgehead atoms. The van der Waals surface area contributed by atoms with Gasteiger partial charge >= 0.3 is 0 Å². The van der Waals surface area contributed by atoms with Crippen LogP contribution in [0.15, 0.2) is 58.5 Å². The van der Waals surface area contributed by atoms with E-state index in [0.29, 0.717) is 5.96 Å². The summed E-state index contributed by atoms with van der Waals surface area (Å²) in [4.78, 5) is 13.7. The molecular formula is C21H26N6. The van der Waals surface area contributed by atoms with Crippen molar-refractivity contribution in [1.29, 1.82) is 0 Å². The van der Waals surface area contributed by atoms with Crippen molar-refractivity contribution < 1.29 is 0 Å². The summed E-state index contributed by atoms with van der Waals surface area (Å²) in [6, 6.07) is 16.7. The maximum absolute atomic E-state index is 6.10. The van der Waals surface area contributed by atoms with Gasteiger partial charge in [-0.3, -0.25) is 4.90 Å². The number of likely N-dealkylation sites (tertiary alicyclic amines) is 1. The number of aryl methyl sites for hydroxylation is 2. The Morgan fingerprint density at radius 2 is 1.74 bits per heavy atom. The van der Waals surface area contributed by atoms with Gasteiger partial charge in [0, 0.05) is 24.5 Å². The van der Waals surface area contributed by atoms with Crippen LogP contribution in [0.1, 0.15) is 24.0 Å². The molecule has 2 aliphatic rings. The van der Waals surface area contributed by atoms with Crippen LogP contribution in [0.4, 0.5) is 11.4 Å². The van der Waals surface area contributed by atoms with Crippen LogP contribution in [0.2, 0.25) is 0 Å². The third kappa shape index (κ3) is 3.74. The first kappa shape index (κ1) is 17.4. The Morgan fingerprint density at radius 3 is 2.44 bits per heavy atom. The Balaban J connectivity index is 1.72. The van der Waals surface area contributed by atoms with Gasteiger partial charge in [0.1, 0.15) is 0 Å². The number of nitrogens with two attached hydrogens (primary N) is 1. The van der Waals surface area contributed by atoms with E-state index in [-0.39, 0.29) is 6.29 Å². The summed E-state index contributed by atoms with van der Waals surface area (Å²) >= 11 is 0. The van der Waals surface area contributed by atoms with Crippen LogP contribution in [0.5, 0.6) is 0 Å². The molecule has 0 radical (unpaired) electrons. The standard InChI is InChI=1S/C21H26N6/c1-15-8-10-18(11-9-15)27-20(23-17-7-5-6-16(2)14-17)24-19(22)25-21(27)26-12-3-4-13-26/h5-11,14,20,23H,3-4,12-13H2,1-2H3,(H2,22,24).